The molecule has 0 amide bonds. The molecule has 0 spiro atoms. The topological polar surface area (TPSA) is 47.0 Å². The van der Waals surface area contributed by atoms with Gasteiger partial charge in [0, 0.05) is 18.3 Å². The largest absolute Gasteiger partial charge is 0.497 e. The van der Waals surface area contributed by atoms with Crippen LogP contribution in [0.4, 0.5) is 5.95 Å². The van der Waals surface area contributed by atoms with Crippen LogP contribution in [0.15, 0.2) is 36.5 Å². The maximum absolute atomic E-state index is 5.12. The van der Waals surface area contributed by atoms with E-state index in [0.29, 0.717) is 5.95 Å². The fourth-order valence-corrected chi connectivity index (χ4v) is 1.52. The normalized spacial score (nSPS) is 10.0. The molecule has 0 saturated heterocycles. The van der Waals surface area contributed by atoms with Gasteiger partial charge in [-0.15, -0.1) is 0 Å². The van der Waals surface area contributed by atoms with E-state index < -0.39 is 0 Å². The molecular weight excluding hydrogens is 214 g/mol. The maximum atomic E-state index is 5.12. The third-order valence-electron chi connectivity index (χ3n) is 2.38. The molecule has 0 fully saturated rings. The average molecular weight is 229 g/mol. The standard InChI is InChI=1S/C13H15N3O/c1-3-14-13-15-9-8-12(16-13)10-4-6-11(17-2)7-5-10/h4-9H,3H2,1-2H3,(H,14,15,16). The average Bonchev–Trinajstić information content (AvgIpc) is 2.40. The third kappa shape index (κ3) is 2.72. The number of rotatable bonds is 4. The van der Waals surface area contributed by atoms with Crippen molar-refractivity contribution in [3.63, 3.8) is 0 Å². The minimum Gasteiger partial charge on any atom is -0.497 e. The van der Waals surface area contributed by atoms with Crippen molar-refractivity contribution in [2.45, 2.75) is 6.92 Å². The Morgan fingerprint density at radius 2 is 1.94 bits per heavy atom. The van der Waals surface area contributed by atoms with E-state index in [1.807, 2.05) is 37.3 Å². The lowest BCUT2D eigenvalue weighted by Crippen LogP contribution is -2.02. The molecule has 0 aliphatic heterocycles. The van der Waals surface area contributed by atoms with Crippen LogP contribution in [0.2, 0.25) is 0 Å². The van der Waals surface area contributed by atoms with Crippen LogP contribution in [0, 0.1) is 0 Å². The van der Waals surface area contributed by atoms with Crippen LogP contribution >= 0.6 is 0 Å². The van der Waals surface area contributed by atoms with Crippen molar-refractivity contribution in [2.75, 3.05) is 19.0 Å². The summed E-state index contributed by atoms with van der Waals surface area (Å²) in [6.45, 7) is 2.83. The highest BCUT2D eigenvalue weighted by Gasteiger charge is 2.01. The molecule has 4 heteroatoms. The van der Waals surface area contributed by atoms with Gasteiger partial charge in [-0.05, 0) is 37.3 Å². The third-order valence-corrected chi connectivity index (χ3v) is 2.38. The molecule has 1 aromatic heterocycles. The zero-order chi connectivity index (χ0) is 12.1. The first kappa shape index (κ1) is 11.4. The predicted octanol–water partition coefficient (Wildman–Crippen LogP) is 2.58. The molecule has 4 nitrogen and oxygen atoms in total. The Labute approximate surface area is 101 Å². The van der Waals surface area contributed by atoms with Crippen LogP contribution in [0.1, 0.15) is 6.92 Å². The lowest BCUT2D eigenvalue weighted by molar-refractivity contribution is 0.415. The predicted molar refractivity (Wildman–Crippen MR) is 68.2 cm³/mol. The molecule has 1 aromatic carbocycles. The van der Waals surface area contributed by atoms with E-state index in [1.54, 1.807) is 13.3 Å². The number of aromatic nitrogens is 2. The van der Waals surface area contributed by atoms with Crippen molar-refractivity contribution in [1.82, 2.24) is 9.97 Å². The summed E-state index contributed by atoms with van der Waals surface area (Å²) >= 11 is 0. The van der Waals surface area contributed by atoms with Crippen LogP contribution in [0.25, 0.3) is 11.3 Å². The molecule has 0 unspecified atom stereocenters. The summed E-state index contributed by atoms with van der Waals surface area (Å²) in [5.41, 5.74) is 1.95. The van der Waals surface area contributed by atoms with Crippen molar-refractivity contribution in [3.8, 4) is 17.0 Å². The van der Waals surface area contributed by atoms with Crippen molar-refractivity contribution in [2.24, 2.45) is 0 Å². The minimum absolute atomic E-state index is 0.654. The summed E-state index contributed by atoms with van der Waals surface area (Å²) < 4.78 is 5.12. The van der Waals surface area contributed by atoms with Gasteiger partial charge in [-0.3, -0.25) is 0 Å². The SMILES string of the molecule is CCNc1nccc(-c2ccc(OC)cc2)n1. The summed E-state index contributed by atoms with van der Waals surface area (Å²) in [7, 11) is 1.66. The van der Waals surface area contributed by atoms with Crippen molar-refractivity contribution in [3.05, 3.63) is 36.5 Å². The van der Waals surface area contributed by atoms with E-state index in [9.17, 15) is 0 Å². The lowest BCUT2D eigenvalue weighted by Gasteiger charge is -2.05. The Morgan fingerprint density at radius 1 is 1.18 bits per heavy atom. The number of nitrogens with zero attached hydrogens (tertiary/aromatic N) is 2. The molecule has 2 aromatic rings. The fourth-order valence-electron chi connectivity index (χ4n) is 1.52. The van der Waals surface area contributed by atoms with Gasteiger partial charge in [0.15, 0.2) is 0 Å². The zero-order valence-corrected chi connectivity index (χ0v) is 9.97. The molecule has 1 heterocycles. The molecule has 0 bridgehead atoms. The maximum Gasteiger partial charge on any atom is 0.223 e. The van der Waals surface area contributed by atoms with Crippen LogP contribution in [0.5, 0.6) is 5.75 Å². The summed E-state index contributed by atoms with van der Waals surface area (Å²) in [4.78, 5) is 8.57. The lowest BCUT2D eigenvalue weighted by atomic mass is 10.1. The van der Waals surface area contributed by atoms with Gasteiger partial charge in [0.05, 0.1) is 12.8 Å². The van der Waals surface area contributed by atoms with Gasteiger partial charge in [-0.2, -0.15) is 0 Å². The Bertz CT molecular complexity index is 482. The van der Waals surface area contributed by atoms with Crippen molar-refractivity contribution < 1.29 is 4.74 Å². The summed E-state index contributed by atoms with van der Waals surface area (Å²) in [6, 6.07) is 9.70. The highest BCUT2D eigenvalue weighted by Crippen LogP contribution is 2.20. The van der Waals surface area contributed by atoms with E-state index in [2.05, 4.69) is 15.3 Å². The van der Waals surface area contributed by atoms with Gasteiger partial charge in [-0.25, -0.2) is 9.97 Å². The number of methoxy groups -OCH3 is 1. The van der Waals surface area contributed by atoms with Gasteiger partial charge in [0.25, 0.3) is 0 Å². The highest BCUT2D eigenvalue weighted by molar-refractivity contribution is 5.60. The molecule has 0 aliphatic rings. The van der Waals surface area contributed by atoms with Crippen molar-refractivity contribution in [1.29, 1.82) is 0 Å². The Balaban J connectivity index is 2.28. The van der Waals surface area contributed by atoms with E-state index in [0.717, 1.165) is 23.6 Å². The molecule has 88 valence electrons. The molecular formula is C13H15N3O. The second kappa shape index (κ2) is 5.30. The van der Waals surface area contributed by atoms with Gasteiger partial charge >= 0.3 is 0 Å². The summed E-state index contributed by atoms with van der Waals surface area (Å²) in [6.07, 6.45) is 1.75. The highest BCUT2D eigenvalue weighted by atomic mass is 16.5. The van der Waals surface area contributed by atoms with Crippen LogP contribution in [-0.2, 0) is 0 Å². The Morgan fingerprint density at radius 3 is 2.59 bits per heavy atom. The van der Waals surface area contributed by atoms with E-state index >= 15 is 0 Å². The molecule has 0 aliphatic carbocycles. The molecule has 0 saturated carbocycles. The smallest absolute Gasteiger partial charge is 0.223 e. The number of hydrogen-bond acceptors (Lipinski definition) is 4. The van der Waals surface area contributed by atoms with E-state index in [4.69, 9.17) is 4.74 Å². The molecule has 0 atom stereocenters. The first-order valence-electron chi connectivity index (χ1n) is 5.55. The monoisotopic (exact) mass is 229 g/mol. The summed E-state index contributed by atoms with van der Waals surface area (Å²) in [5.74, 6) is 1.50. The van der Waals surface area contributed by atoms with Crippen LogP contribution in [-0.4, -0.2) is 23.6 Å². The molecule has 1 N–H and O–H groups in total. The van der Waals surface area contributed by atoms with Gasteiger partial charge in [-0.1, -0.05) is 0 Å². The minimum atomic E-state index is 0.654. The van der Waals surface area contributed by atoms with Gasteiger partial charge < -0.3 is 10.1 Å². The number of nitrogens with one attached hydrogen (secondary N) is 1. The second-order valence-corrected chi connectivity index (χ2v) is 3.52. The number of anilines is 1. The molecule has 17 heavy (non-hydrogen) atoms. The fraction of sp³-hybridized carbons (Fsp3) is 0.231. The first-order valence-corrected chi connectivity index (χ1v) is 5.55. The van der Waals surface area contributed by atoms with Gasteiger partial charge in [0.2, 0.25) is 5.95 Å². The second-order valence-electron chi connectivity index (χ2n) is 3.52. The quantitative estimate of drug-likeness (QED) is 0.875. The number of hydrogen-bond donors (Lipinski definition) is 1. The number of ether oxygens (including phenoxy) is 1. The molecule has 2 rings (SSSR count). The zero-order valence-electron chi connectivity index (χ0n) is 9.97. The van der Waals surface area contributed by atoms with Crippen molar-refractivity contribution >= 4 is 5.95 Å². The molecule has 0 radical (unpaired) electrons. The van der Waals surface area contributed by atoms with Gasteiger partial charge in [0.1, 0.15) is 5.75 Å². The van der Waals surface area contributed by atoms with E-state index in [1.165, 1.54) is 0 Å². The Hall–Kier alpha value is -2.10. The van der Waals surface area contributed by atoms with E-state index in [-0.39, 0.29) is 0 Å². The Kier molecular flexibility index (Phi) is 3.55. The first-order chi connectivity index (χ1) is 8.33. The number of benzene rings is 1. The van der Waals surface area contributed by atoms with Crippen LogP contribution in [0.3, 0.4) is 0 Å². The van der Waals surface area contributed by atoms with Crippen LogP contribution < -0.4 is 10.1 Å². The summed E-state index contributed by atoms with van der Waals surface area (Å²) in [5, 5.41) is 3.09.